The van der Waals surface area contributed by atoms with Crippen molar-refractivity contribution >= 4 is 34.3 Å². The maximum absolute atomic E-state index is 15.0. The second-order valence-electron chi connectivity index (χ2n) is 8.62. The molecule has 4 aromatic rings. The highest BCUT2D eigenvalue weighted by atomic mass is 19.2. The van der Waals surface area contributed by atoms with Gasteiger partial charge in [0.2, 0.25) is 0 Å². The number of pyridine rings is 1. The van der Waals surface area contributed by atoms with Crippen molar-refractivity contribution in [2.45, 2.75) is 25.6 Å². The van der Waals surface area contributed by atoms with E-state index < -0.39 is 35.6 Å². The molecule has 10 nitrogen and oxygen atoms in total. The van der Waals surface area contributed by atoms with Gasteiger partial charge in [-0.25, -0.2) is 22.9 Å². The Bertz CT molecular complexity index is 1550. The Balaban J connectivity index is 1.67. The van der Waals surface area contributed by atoms with Crippen LogP contribution in [0.2, 0.25) is 0 Å². The van der Waals surface area contributed by atoms with Crippen molar-refractivity contribution in [2.24, 2.45) is 0 Å². The Morgan fingerprint density at radius 3 is 2.62 bits per heavy atom. The number of benzene rings is 2. The minimum atomic E-state index is -1.37. The Morgan fingerprint density at radius 1 is 1.13 bits per heavy atom. The van der Waals surface area contributed by atoms with Crippen LogP contribution in [-0.4, -0.2) is 45.7 Å². The van der Waals surface area contributed by atoms with E-state index in [-0.39, 0.29) is 22.8 Å². The van der Waals surface area contributed by atoms with Crippen LogP contribution >= 0.6 is 0 Å². The molecule has 2 aromatic carbocycles. The lowest BCUT2D eigenvalue weighted by molar-refractivity contribution is 0.185. The molecule has 0 bridgehead atoms. The first-order chi connectivity index (χ1) is 18.7. The molecule has 0 saturated heterocycles. The largest absolute Gasteiger partial charge is 0.465 e. The molecule has 0 aliphatic heterocycles. The Hall–Kier alpha value is -4.83. The maximum Gasteiger partial charge on any atom is 0.404 e. The highest BCUT2D eigenvalue weighted by Crippen LogP contribution is 2.29. The third kappa shape index (κ3) is 6.19. The highest BCUT2D eigenvalue weighted by Gasteiger charge is 2.25. The zero-order valence-corrected chi connectivity index (χ0v) is 20.9. The van der Waals surface area contributed by atoms with E-state index in [2.05, 4.69) is 26.0 Å². The molecular weight excluding hydrogens is 515 g/mol. The molecule has 202 valence electrons. The van der Waals surface area contributed by atoms with Gasteiger partial charge in [-0.15, -0.1) is 0 Å². The molecule has 0 aliphatic carbocycles. The maximum atomic E-state index is 15.0. The third-order valence-electron chi connectivity index (χ3n) is 5.95. The monoisotopic (exact) mass is 539 g/mol. The Morgan fingerprint density at radius 2 is 1.92 bits per heavy atom. The second kappa shape index (κ2) is 11.7. The lowest BCUT2D eigenvalue weighted by Crippen LogP contribution is -2.39. The number of methoxy groups -OCH3 is 1. The number of nitrogens with zero attached hydrogens (tertiary/aromatic N) is 4. The number of carbonyl (C=O) groups is 1. The molecular formula is C26H24F3N7O3. The molecule has 39 heavy (non-hydrogen) atoms. The van der Waals surface area contributed by atoms with E-state index in [1.807, 2.05) is 12.1 Å². The summed E-state index contributed by atoms with van der Waals surface area (Å²) in [6.45, 7) is 2.52. The molecule has 0 aliphatic rings. The number of nitrogens with one attached hydrogen (secondary N) is 3. The fraction of sp³-hybridized carbons (Fsp3) is 0.231. The lowest BCUT2D eigenvalue weighted by atomic mass is 10.00. The van der Waals surface area contributed by atoms with Gasteiger partial charge in [-0.05, 0) is 48.9 Å². The topological polar surface area (TPSA) is 137 Å². The fourth-order valence-corrected chi connectivity index (χ4v) is 4.06. The average molecular weight is 540 g/mol. The number of rotatable bonds is 10. The van der Waals surface area contributed by atoms with Crippen molar-refractivity contribution in [1.29, 1.82) is 5.26 Å². The summed E-state index contributed by atoms with van der Waals surface area (Å²) in [6.07, 6.45) is 0.309. The summed E-state index contributed by atoms with van der Waals surface area (Å²) in [5, 5.41) is 31.9. The number of carboxylic acid groups (broad SMARTS) is 1. The molecule has 2 atom stereocenters. The predicted octanol–water partition coefficient (Wildman–Crippen LogP) is 4.92. The summed E-state index contributed by atoms with van der Waals surface area (Å²) >= 11 is 0. The number of amides is 1. The van der Waals surface area contributed by atoms with E-state index in [0.717, 1.165) is 29.1 Å². The fourth-order valence-electron chi connectivity index (χ4n) is 4.06. The van der Waals surface area contributed by atoms with Crippen molar-refractivity contribution in [3.05, 3.63) is 77.2 Å². The van der Waals surface area contributed by atoms with Crippen molar-refractivity contribution in [1.82, 2.24) is 20.1 Å². The minimum absolute atomic E-state index is 0.0235. The summed E-state index contributed by atoms with van der Waals surface area (Å²) in [5.41, 5.74) is 1.47. The van der Waals surface area contributed by atoms with Crippen molar-refractivity contribution in [3.63, 3.8) is 0 Å². The van der Waals surface area contributed by atoms with Gasteiger partial charge < -0.3 is 25.8 Å². The minimum Gasteiger partial charge on any atom is -0.465 e. The Kier molecular flexibility index (Phi) is 8.16. The highest BCUT2D eigenvalue weighted by molar-refractivity contribution is 5.83. The summed E-state index contributed by atoms with van der Waals surface area (Å²) in [5.74, 6) is -3.46. The van der Waals surface area contributed by atoms with E-state index in [1.165, 1.54) is 13.0 Å². The first-order valence-electron chi connectivity index (χ1n) is 11.7. The van der Waals surface area contributed by atoms with Crippen LogP contribution < -0.4 is 16.0 Å². The molecule has 0 radical (unpaired) electrons. The first-order valence-corrected chi connectivity index (χ1v) is 11.7. The molecule has 13 heteroatoms. The number of hydrogen-bond acceptors (Lipinski definition) is 7. The van der Waals surface area contributed by atoms with E-state index in [0.29, 0.717) is 18.8 Å². The number of ether oxygens (including phenoxy) is 1. The molecule has 0 unspecified atom stereocenters. The van der Waals surface area contributed by atoms with Crippen LogP contribution in [0.15, 0.2) is 48.7 Å². The van der Waals surface area contributed by atoms with Crippen LogP contribution in [0.5, 0.6) is 0 Å². The van der Waals surface area contributed by atoms with Gasteiger partial charge in [-0.3, -0.25) is 4.68 Å². The average Bonchev–Trinajstić information content (AvgIpc) is 3.30. The van der Waals surface area contributed by atoms with Crippen LogP contribution in [0.1, 0.15) is 24.1 Å². The zero-order valence-electron chi connectivity index (χ0n) is 20.9. The van der Waals surface area contributed by atoms with Crippen molar-refractivity contribution in [3.8, 4) is 6.07 Å². The van der Waals surface area contributed by atoms with Gasteiger partial charge in [0.1, 0.15) is 6.07 Å². The van der Waals surface area contributed by atoms with Gasteiger partial charge in [0.15, 0.2) is 29.1 Å². The molecule has 4 N–H and O–H groups in total. The standard InChI is InChI=1S/C26H24F3N7O3/c1-14(32-26(37)38)23(15-3-5-19(27)20(28)10-15)34-25-21(29)11-16(12-30)24(35-25)33-18-4-6-22-17(9-18)13-31-36(22)7-8-39-2/h3-6,9-11,13-14,23,32H,7-8H2,1-2H3,(H,37,38)(H2,33,34,35)/t14-,23-/m0/s1. The number of halogens is 3. The van der Waals surface area contributed by atoms with Crippen LogP contribution in [0.3, 0.4) is 0 Å². The van der Waals surface area contributed by atoms with E-state index >= 15 is 4.39 Å². The summed E-state index contributed by atoms with van der Waals surface area (Å²) in [4.78, 5) is 15.5. The van der Waals surface area contributed by atoms with Crippen LogP contribution in [0.25, 0.3) is 10.9 Å². The zero-order chi connectivity index (χ0) is 28.1. The van der Waals surface area contributed by atoms with Crippen molar-refractivity contribution in [2.75, 3.05) is 24.4 Å². The van der Waals surface area contributed by atoms with Crippen LogP contribution in [0, 0.1) is 28.8 Å². The van der Waals surface area contributed by atoms with Crippen LogP contribution in [-0.2, 0) is 11.3 Å². The lowest BCUT2D eigenvalue weighted by Gasteiger charge is -2.26. The third-order valence-corrected chi connectivity index (χ3v) is 5.95. The van der Waals surface area contributed by atoms with E-state index in [9.17, 15) is 23.9 Å². The van der Waals surface area contributed by atoms with Gasteiger partial charge in [-0.1, -0.05) is 6.07 Å². The summed E-state index contributed by atoms with van der Waals surface area (Å²) in [6, 6.07) is 9.27. The molecule has 0 fully saturated rings. The van der Waals surface area contributed by atoms with Gasteiger partial charge in [0, 0.05) is 18.2 Å². The normalized spacial score (nSPS) is 12.5. The molecule has 1 amide bonds. The quantitative estimate of drug-likeness (QED) is 0.223. The van der Waals surface area contributed by atoms with Crippen molar-refractivity contribution < 1.29 is 27.8 Å². The van der Waals surface area contributed by atoms with Gasteiger partial charge in [0.05, 0.1) is 42.5 Å². The van der Waals surface area contributed by atoms with Gasteiger partial charge in [0.25, 0.3) is 0 Å². The summed E-state index contributed by atoms with van der Waals surface area (Å²) in [7, 11) is 1.60. The number of nitriles is 1. The van der Waals surface area contributed by atoms with Crippen LogP contribution in [0.4, 0.5) is 35.3 Å². The number of aromatic nitrogens is 3. The smallest absolute Gasteiger partial charge is 0.404 e. The number of hydrogen-bond donors (Lipinski definition) is 4. The SMILES string of the molecule is COCCn1ncc2cc(Nc3nc(N[C@H](c4ccc(F)c(F)c4)[C@H](C)NC(=O)O)c(F)cc3C#N)ccc21. The van der Waals surface area contributed by atoms with E-state index in [1.54, 1.807) is 30.1 Å². The molecule has 0 saturated carbocycles. The Labute approximate surface area is 221 Å². The number of fused-ring (bicyclic) bond motifs is 1. The van der Waals surface area contributed by atoms with Gasteiger partial charge in [-0.2, -0.15) is 10.4 Å². The summed E-state index contributed by atoms with van der Waals surface area (Å²) < 4.78 is 49.4. The molecule has 2 aromatic heterocycles. The molecule has 0 spiro atoms. The second-order valence-corrected chi connectivity index (χ2v) is 8.62. The first kappa shape index (κ1) is 27.2. The van der Waals surface area contributed by atoms with Gasteiger partial charge >= 0.3 is 6.09 Å². The van der Waals surface area contributed by atoms with E-state index in [4.69, 9.17) is 4.74 Å². The molecule has 4 rings (SSSR count). The number of anilines is 3. The molecule has 2 heterocycles. The predicted molar refractivity (Wildman–Crippen MR) is 137 cm³/mol.